The van der Waals surface area contributed by atoms with Gasteiger partial charge in [0.1, 0.15) is 5.82 Å². The van der Waals surface area contributed by atoms with Crippen LogP contribution in [0, 0.1) is 0 Å². The van der Waals surface area contributed by atoms with Crippen molar-refractivity contribution in [2.24, 2.45) is 0 Å². The summed E-state index contributed by atoms with van der Waals surface area (Å²) in [4.78, 5) is 27.0. The fourth-order valence-electron chi connectivity index (χ4n) is 2.15. The third-order valence-corrected chi connectivity index (χ3v) is 3.52. The summed E-state index contributed by atoms with van der Waals surface area (Å²) in [6, 6.07) is 3.55. The zero-order valence-electron chi connectivity index (χ0n) is 15.2. The van der Waals surface area contributed by atoms with Crippen molar-refractivity contribution in [2.45, 2.75) is 32.7 Å². The second-order valence-electron chi connectivity index (χ2n) is 6.75. The van der Waals surface area contributed by atoms with Gasteiger partial charge in [0.15, 0.2) is 0 Å². The maximum Gasteiger partial charge on any atom is 0.322 e. The van der Waals surface area contributed by atoms with Crippen LogP contribution in [0.15, 0.2) is 36.9 Å². The summed E-state index contributed by atoms with van der Waals surface area (Å²) in [5.74, 6) is 0.733. The third kappa shape index (κ3) is 5.79. The van der Waals surface area contributed by atoms with E-state index in [0.717, 1.165) is 11.4 Å². The molecule has 0 aromatic carbocycles. The van der Waals surface area contributed by atoms with Gasteiger partial charge in [0.25, 0.3) is 0 Å². The van der Waals surface area contributed by atoms with Gasteiger partial charge < -0.3 is 15.0 Å². The molecule has 7 nitrogen and oxygen atoms in total. The van der Waals surface area contributed by atoms with Gasteiger partial charge in [-0.3, -0.25) is 4.98 Å². The van der Waals surface area contributed by atoms with E-state index in [2.05, 4.69) is 20.3 Å². The average Bonchev–Trinajstić information content (AvgIpc) is 2.59. The first kappa shape index (κ1) is 18.8. The molecule has 0 aliphatic rings. The highest BCUT2D eigenvalue weighted by atomic mass is 16.5. The van der Waals surface area contributed by atoms with Crippen LogP contribution in [-0.2, 0) is 16.7 Å². The van der Waals surface area contributed by atoms with Gasteiger partial charge >= 0.3 is 6.03 Å². The highest BCUT2D eigenvalue weighted by molar-refractivity contribution is 5.88. The molecule has 2 amide bonds. The number of urea groups is 1. The number of nitrogens with zero attached hydrogens (tertiary/aromatic N) is 4. The molecule has 0 bridgehead atoms. The Labute approximate surface area is 148 Å². The highest BCUT2D eigenvalue weighted by Crippen LogP contribution is 2.18. The number of hydrogen-bond donors (Lipinski definition) is 1. The Balaban J connectivity index is 2.05. The van der Waals surface area contributed by atoms with Crippen molar-refractivity contribution >= 4 is 11.7 Å². The zero-order valence-corrected chi connectivity index (χ0v) is 15.2. The third-order valence-electron chi connectivity index (χ3n) is 3.52. The Bertz CT molecular complexity index is 668. The Morgan fingerprint density at radius 2 is 1.96 bits per heavy atom. The number of amides is 2. The Morgan fingerprint density at radius 1 is 1.24 bits per heavy atom. The normalized spacial score (nSPS) is 11.2. The number of hydrogen-bond acceptors (Lipinski definition) is 5. The molecule has 2 aromatic rings. The molecular weight excluding hydrogens is 318 g/mol. The molecule has 0 aliphatic carbocycles. The fraction of sp³-hybridized carbons (Fsp3) is 0.444. The van der Waals surface area contributed by atoms with Crippen LogP contribution in [0.25, 0.3) is 0 Å². The van der Waals surface area contributed by atoms with E-state index in [1.54, 1.807) is 36.8 Å². The van der Waals surface area contributed by atoms with Crippen molar-refractivity contribution in [3.8, 4) is 0 Å². The first-order valence-electron chi connectivity index (χ1n) is 8.16. The lowest BCUT2D eigenvalue weighted by molar-refractivity contribution is 0.152. The van der Waals surface area contributed by atoms with Crippen LogP contribution in [0.4, 0.5) is 10.5 Å². The van der Waals surface area contributed by atoms with E-state index in [1.165, 1.54) is 0 Å². The molecule has 0 fully saturated rings. The number of ether oxygens (including phenoxy) is 1. The predicted molar refractivity (Wildman–Crippen MR) is 96.3 cm³/mol. The summed E-state index contributed by atoms with van der Waals surface area (Å²) >= 11 is 0. The first-order chi connectivity index (χ1) is 11.9. The fourth-order valence-corrected chi connectivity index (χ4v) is 2.15. The predicted octanol–water partition coefficient (Wildman–Crippen LogP) is 2.85. The molecule has 2 aromatic heterocycles. The summed E-state index contributed by atoms with van der Waals surface area (Å²) in [6.07, 6.45) is 6.71. The van der Waals surface area contributed by atoms with Crippen molar-refractivity contribution in [1.29, 1.82) is 0 Å². The van der Waals surface area contributed by atoms with Crippen molar-refractivity contribution in [3.05, 3.63) is 48.3 Å². The molecule has 2 rings (SSSR count). The molecule has 0 unspecified atom stereocenters. The van der Waals surface area contributed by atoms with Gasteiger partial charge in [-0.15, -0.1) is 0 Å². The molecule has 134 valence electrons. The van der Waals surface area contributed by atoms with Crippen LogP contribution in [-0.4, -0.2) is 46.1 Å². The minimum atomic E-state index is -0.229. The molecule has 7 heteroatoms. The van der Waals surface area contributed by atoms with Crippen LogP contribution < -0.4 is 5.32 Å². The lowest BCUT2D eigenvalue weighted by Crippen LogP contribution is -2.37. The van der Waals surface area contributed by atoms with Gasteiger partial charge in [0.2, 0.25) is 0 Å². The smallest absolute Gasteiger partial charge is 0.322 e. The number of methoxy groups -OCH3 is 1. The molecular formula is C18H25N5O2. The van der Waals surface area contributed by atoms with Crippen LogP contribution in [0.2, 0.25) is 0 Å². The largest absolute Gasteiger partial charge is 0.383 e. The highest BCUT2D eigenvalue weighted by Gasteiger charge is 2.18. The molecule has 0 radical (unpaired) electrons. The van der Waals surface area contributed by atoms with E-state index in [-0.39, 0.29) is 11.4 Å². The topological polar surface area (TPSA) is 80.2 Å². The SMILES string of the molecule is COCCN(Cc1cccnc1)C(=O)Nc1cnc(C(C)(C)C)nc1. The van der Waals surface area contributed by atoms with E-state index in [1.807, 2.05) is 32.9 Å². The van der Waals surface area contributed by atoms with Crippen LogP contribution in [0.3, 0.4) is 0 Å². The van der Waals surface area contributed by atoms with Crippen molar-refractivity contribution in [3.63, 3.8) is 0 Å². The molecule has 0 spiro atoms. The number of pyridine rings is 1. The monoisotopic (exact) mass is 343 g/mol. The summed E-state index contributed by atoms with van der Waals surface area (Å²) in [5.41, 5.74) is 1.38. The summed E-state index contributed by atoms with van der Waals surface area (Å²) in [6.45, 7) is 7.50. The van der Waals surface area contributed by atoms with Crippen LogP contribution in [0.5, 0.6) is 0 Å². The van der Waals surface area contributed by atoms with Gasteiger partial charge in [-0.2, -0.15) is 0 Å². The Kier molecular flexibility index (Phi) is 6.41. The summed E-state index contributed by atoms with van der Waals surface area (Å²) in [7, 11) is 1.61. The molecule has 0 saturated heterocycles. The molecule has 1 N–H and O–H groups in total. The van der Waals surface area contributed by atoms with Crippen LogP contribution in [0.1, 0.15) is 32.2 Å². The van der Waals surface area contributed by atoms with Gasteiger partial charge in [-0.05, 0) is 11.6 Å². The number of nitrogens with one attached hydrogen (secondary N) is 1. The maximum absolute atomic E-state index is 12.6. The van der Waals surface area contributed by atoms with Crippen molar-refractivity contribution in [1.82, 2.24) is 19.9 Å². The van der Waals surface area contributed by atoms with Crippen LogP contribution >= 0.6 is 0 Å². The van der Waals surface area contributed by atoms with E-state index in [9.17, 15) is 4.79 Å². The Hall–Kier alpha value is -2.54. The van der Waals surface area contributed by atoms with Crippen molar-refractivity contribution < 1.29 is 9.53 Å². The molecule has 0 atom stereocenters. The number of carbonyl (C=O) groups is 1. The number of carbonyl (C=O) groups excluding carboxylic acids is 1. The number of rotatable bonds is 6. The number of aromatic nitrogens is 3. The van der Waals surface area contributed by atoms with Gasteiger partial charge in [-0.25, -0.2) is 14.8 Å². The van der Waals surface area contributed by atoms with Crippen molar-refractivity contribution in [2.75, 3.05) is 25.6 Å². The van der Waals surface area contributed by atoms with E-state index in [0.29, 0.717) is 25.4 Å². The zero-order chi connectivity index (χ0) is 18.3. The van der Waals surface area contributed by atoms with E-state index in [4.69, 9.17) is 4.74 Å². The summed E-state index contributed by atoms with van der Waals surface area (Å²) < 4.78 is 5.10. The van der Waals surface area contributed by atoms with Gasteiger partial charge in [-0.1, -0.05) is 26.8 Å². The van der Waals surface area contributed by atoms with E-state index < -0.39 is 0 Å². The summed E-state index contributed by atoms with van der Waals surface area (Å²) in [5, 5.41) is 2.84. The van der Waals surface area contributed by atoms with Gasteiger partial charge in [0.05, 0.1) is 24.7 Å². The molecule has 25 heavy (non-hydrogen) atoms. The molecule has 2 heterocycles. The lowest BCUT2D eigenvalue weighted by atomic mass is 9.96. The minimum absolute atomic E-state index is 0.132. The Morgan fingerprint density at radius 3 is 2.52 bits per heavy atom. The lowest BCUT2D eigenvalue weighted by Gasteiger charge is -2.23. The first-order valence-corrected chi connectivity index (χ1v) is 8.16. The minimum Gasteiger partial charge on any atom is -0.383 e. The quantitative estimate of drug-likeness (QED) is 0.872. The van der Waals surface area contributed by atoms with Gasteiger partial charge in [0, 0.05) is 38.0 Å². The second kappa shape index (κ2) is 8.53. The second-order valence-corrected chi connectivity index (χ2v) is 6.75. The van der Waals surface area contributed by atoms with E-state index >= 15 is 0 Å². The molecule has 0 saturated carbocycles. The maximum atomic E-state index is 12.6. The molecule has 0 aliphatic heterocycles. The standard InChI is InChI=1S/C18H25N5O2/c1-18(2,3)16-20-11-15(12-21-16)22-17(24)23(8-9-25-4)13-14-6-5-7-19-10-14/h5-7,10-12H,8-9,13H2,1-4H3,(H,22,24). The number of anilines is 1. The average molecular weight is 343 g/mol.